The summed E-state index contributed by atoms with van der Waals surface area (Å²) in [5.41, 5.74) is 1.00. The van der Waals surface area contributed by atoms with Gasteiger partial charge in [-0.3, -0.25) is 9.69 Å². The van der Waals surface area contributed by atoms with Crippen LogP contribution in [0.15, 0.2) is 24.3 Å². The maximum atomic E-state index is 12.4. The minimum Gasteiger partial charge on any atom is -0.484 e. The smallest absolute Gasteiger partial charge is 0.260 e. The van der Waals surface area contributed by atoms with Crippen LogP contribution in [0.1, 0.15) is 5.56 Å². The number of piperazine rings is 1. The Morgan fingerprint density at radius 2 is 1.92 bits per heavy atom. The van der Waals surface area contributed by atoms with Crippen LogP contribution >= 0.6 is 0 Å². The summed E-state index contributed by atoms with van der Waals surface area (Å²) in [4.78, 5) is 16.2. The summed E-state index contributed by atoms with van der Waals surface area (Å²) in [6.07, 6.45) is -1.65. The van der Waals surface area contributed by atoms with E-state index >= 15 is 0 Å². The molecule has 7 heteroatoms. The molecular weight excluding hydrogens is 324 g/mol. The van der Waals surface area contributed by atoms with Crippen LogP contribution in [0.25, 0.3) is 0 Å². The van der Waals surface area contributed by atoms with Crippen molar-refractivity contribution in [2.75, 3.05) is 46.0 Å². The Kier molecular flexibility index (Phi) is 5.90. The van der Waals surface area contributed by atoms with Gasteiger partial charge in [0.2, 0.25) is 0 Å². The van der Waals surface area contributed by atoms with Crippen molar-refractivity contribution in [3.05, 3.63) is 29.8 Å². The van der Waals surface area contributed by atoms with Crippen molar-refractivity contribution in [1.29, 1.82) is 0 Å². The van der Waals surface area contributed by atoms with E-state index in [0.29, 0.717) is 32.8 Å². The Balaban J connectivity index is 1.47. The van der Waals surface area contributed by atoms with Gasteiger partial charge in [0.15, 0.2) is 6.61 Å². The van der Waals surface area contributed by atoms with Crippen LogP contribution in [0.3, 0.4) is 0 Å². The highest BCUT2D eigenvalue weighted by atomic mass is 16.5. The molecular formula is C18H26N2O5. The highest BCUT2D eigenvalue weighted by molar-refractivity contribution is 5.78. The maximum Gasteiger partial charge on any atom is 0.260 e. The molecule has 0 unspecified atom stereocenters. The molecule has 25 heavy (non-hydrogen) atoms. The lowest BCUT2D eigenvalue weighted by Gasteiger charge is -2.43. The van der Waals surface area contributed by atoms with Gasteiger partial charge in [-0.1, -0.05) is 18.2 Å². The largest absolute Gasteiger partial charge is 0.484 e. The van der Waals surface area contributed by atoms with Crippen LogP contribution in [0, 0.1) is 6.92 Å². The third-order valence-corrected chi connectivity index (χ3v) is 4.95. The van der Waals surface area contributed by atoms with E-state index in [-0.39, 0.29) is 25.2 Å². The van der Waals surface area contributed by atoms with Gasteiger partial charge in [-0.25, -0.2) is 0 Å². The fraction of sp³-hybridized carbons (Fsp3) is 0.611. The van der Waals surface area contributed by atoms with Crippen LogP contribution in [0.5, 0.6) is 5.75 Å². The fourth-order valence-corrected chi connectivity index (χ4v) is 3.34. The van der Waals surface area contributed by atoms with Gasteiger partial charge >= 0.3 is 0 Å². The maximum absolute atomic E-state index is 12.4. The first-order valence-electron chi connectivity index (χ1n) is 8.70. The number of aliphatic hydroxyl groups is 2. The molecule has 0 saturated carbocycles. The van der Waals surface area contributed by atoms with Gasteiger partial charge in [-0.15, -0.1) is 0 Å². The molecule has 0 aromatic heterocycles. The molecule has 1 aromatic rings. The Morgan fingerprint density at radius 1 is 1.20 bits per heavy atom. The fourth-order valence-electron chi connectivity index (χ4n) is 3.34. The number of carbonyl (C=O) groups is 1. The van der Waals surface area contributed by atoms with Gasteiger partial charge in [-0.05, 0) is 18.6 Å². The number of carbonyl (C=O) groups excluding carboxylic acids is 1. The minimum absolute atomic E-state index is 0.0265. The summed E-state index contributed by atoms with van der Waals surface area (Å²) < 4.78 is 11.0. The van der Waals surface area contributed by atoms with Crippen molar-refractivity contribution in [2.45, 2.75) is 25.2 Å². The lowest BCUT2D eigenvalue weighted by Crippen LogP contribution is -2.61. The molecule has 3 rings (SSSR count). The van der Waals surface area contributed by atoms with E-state index in [9.17, 15) is 15.0 Å². The van der Waals surface area contributed by atoms with Gasteiger partial charge in [0.25, 0.3) is 5.91 Å². The summed E-state index contributed by atoms with van der Waals surface area (Å²) in [6, 6.07) is 7.41. The number of amides is 1. The molecule has 2 N–H and O–H groups in total. The molecule has 0 bridgehead atoms. The second kappa shape index (κ2) is 8.14. The van der Waals surface area contributed by atoms with E-state index in [0.717, 1.165) is 11.3 Å². The SMILES string of the molecule is Cc1ccccc1OCC(=O)N1CCN([C@@H]2COC[C@@H](O)[C@H]2O)CC1. The number of para-hydroxylation sites is 1. The quantitative estimate of drug-likeness (QED) is 0.772. The number of benzene rings is 1. The predicted octanol–water partition coefficient (Wildman–Crippen LogP) is -0.361. The van der Waals surface area contributed by atoms with Crippen LogP contribution in [-0.2, 0) is 9.53 Å². The van der Waals surface area contributed by atoms with Crippen molar-refractivity contribution in [3.63, 3.8) is 0 Å². The highest BCUT2D eigenvalue weighted by Gasteiger charge is 2.37. The second-order valence-corrected chi connectivity index (χ2v) is 6.63. The van der Waals surface area contributed by atoms with Crippen molar-refractivity contribution < 1.29 is 24.5 Å². The van der Waals surface area contributed by atoms with Crippen LogP contribution in [0.2, 0.25) is 0 Å². The van der Waals surface area contributed by atoms with Gasteiger partial charge in [0.1, 0.15) is 11.9 Å². The van der Waals surface area contributed by atoms with Crippen molar-refractivity contribution >= 4 is 5.91 Å². The molecule has 0 spiro atoms. The normalized spacial score (nSPS) is 28.0. The molecule has 2 heterocycles. The molecule has 2 aliphatic rings. The third-order valence-electron chi connectivity index (χ3n) is 4.95. The van der Waals surface area contributed by atoms with E-state index in [2.05, 4.69) is 4.90 Å². The Hall–Kier alpha value is -1.67. The first kappa shape index (κ1) is 18.1. The Morgan fingerprint density at radius 3 is 2.64 bits per heavy atom. The minimum atomic E-state index is -0.846. The molecule has 2 saturated heterocycles. The number of hydrogen-bond acceptors (Lipinski definition) is 6. The first-order valence-corrected chi connectivity index (χ1v) is 8.70. The molecule has 138 valence electrons. The zero-order valence-corrected chi connectivity index (χ0v) is 14.5. The van der Waals surface area contributed by atoms with Gasteiger partial charge in [0, 0.05) is 26.2 Å². The summed E-state index contributed by atoms with van der Waals surface area (Å²) in [7, 11) is 0. The zero-order chi connectivity index (χ0) is 17.8. The topological polar surface area (TPSA) is 82.5 Å². The van der Waals surface area contributed by atoms with E-state index in [4.69, 9.17) is 9.47 Å². The van der Waals surface area contributed by atoms with E-state index in [1.54, 1.807) is 4.90 Å². The van der Waals surface area contributed by atoms with E-state index in [1.807, 2.05) is 31.2 Å². The average molecular weight is 350 g/mol. The number of ether oxygens (including phenoxy) is 2. The van der Waals surface area contributed by atoms with Crippen LogP contribution in [-0.4, -0.2) is 90.2 Å². The first-order chi connectivity index (χ1) is 12.1. The number of hydrogen-bond donors (Lipinski definition) is 2. The third kappa shape index (κ3) is 4.30. The van der Waals surface area contributed by atoms with E-state index in [1.165, 1.54) is 0 Å². The standard InChI is InChI=1S/C18H26N2O5/c1-13-4-2-3-5-16(13)25-12-17(22)20-8-6-19(7-9-20)14-10-24-11-15(21)18(14)23/h2-5,14-15,18,21,23H,6-12H2,1H3/t14-,15-,18+/m1/s1. The number of rotatable bonds is 4. The Bertz CT molecular complexity index is 589. The lowest BCUT2D eigenvalue weighted by atomic mass is 10.0. The van der Waals surface area contributed by atoms with Gasteiger partial charge < -0.3 is 24.6 Å². The molecule has 2 fully saturated rings. The number of nitrogens with zero attached hydrogens (tertiary/aromatic N) is 2. The van der Waals surface area contributed by atoms with Gasteiger partial charge in [-0.2, -0.15) is 0 Å². The second-order valence-electron chi connectivity index (χ2n) is 6.63. The molecule has 1 aromatic carbocycles. The monoisotopic (exact) mass is 350 g/mol. The van der Waals surface area contributed by atoms with Crippen LogP contribution < -0.4 is 4.74 Å². The molecule has 0 aliphatic carbocycles. The average Bonchev–Trinajstić information content (AvgIpc) is 2.63. The number of aliphatic hydroxyl groups excluding tert-OH is 2. The Labute approximate surface area is 147 Å². The summed E-state index contributed by atoms with van der Waals surface area (Å²) in [6.45, 7) is 5.00. The highest BCUT2D eigenvalue weighted by Crippen LogP contribution is 2.18. The van der Waals surface area contributed by atoms with Gasteiger partial charge in [0.05, 0.1) is 25.4 Å². The molecule has 3 atom stereocenters. The summed E-state index contributed by atoms with van der Waals surface area (Å²) in [5.74, 6) is 0.689. The molecule has 1 amide bonds. The summed E-state index contributed by atoms with van der Waals surface area (Å²) in [5, 5.41) is 19.9. The molecule has 7 nitrogen and oxygen atoms in total. The van der Waals surface area contributed by atoms with Crippen molar-refractivity contribution in [3.8, 4) is 5.75 Å². The number of aryl methyl sites for hydroxylation is 1. The summed E-state index contributed by atoms with van der Waals surface area (Å²) >= 11 is 0. The molecule has 0 radical (unpaired) electrons. The van der Waals surface area contributed by atoms with Crippen molar-refractivity contribution in [2.24, 2.45) is 0 Å². The van der Waals surface area contributed by atoms with E-state index < -0.39 is 12.2 Å². The zero-order valence-electron chi connectivity index (χ0n) is 14.5. The van der Waals surface area contributed by atoms with Crippen LogP contribution in [0.4, 0.5) is 0 Å². The molecule has 2 aliphatic heterocycles. The predicted molar refractivity (Wildman–Crippen MR) is 91.4 cm³/mol. The lowest BCUT2D eigenvalue weighted by molar-refractivity contribution is -0.145. The van der Waals surface area contributed by atoms with Crippen molar-refractivity contribution in [1.82, 2.24) is 9.80 Å².